The number of Topliss-reactive ketones (excluding diaryl/α,β-unsaturated/α-hetero) is 1. The number of nitrogens with zero attached hydrogens (tertiary/aromatic N) is 1. The molecule has 3 aromatic carbocycles. The number of aliphatic hydroxyl groups excluding tert-OH is 1. The third-order valence-electron chi connectivity index (χ3n) is 5.39. The van der Waals surface area contributed by atoms with Crippen LogP contribution in [0.2, 0.25) is 0 Å². The van der Waals surface area contributed by atoms with Crippen LogP contribution in [0.4, 0.5) is 14.5 Å². The number of hydrogen-bond acceptors (Lipinski definition) is 5. The van der Waals surface area contributed by atoms with Gasteiger partial charge >= 0.3 is 0 Å². The van der Waals surface area contributed by atoms with E-state index in [-0.39, 0.29) is 16.8 Å². The zero-order chi connectivity index (χ0) is 23.7. The summed E-state index contributed by atoms with van der Waals surface area (Å²) in [6.07, 6.45) is 0. The predicted octanol–water partition coefficient (Wildman–Crippen LogP) is 4.61. The molecule has 1 unspecified atom stereocenters. The number of rotatable bonds is 5. The number of hydrogen-bond donors (Lipinski definition) is 1. The molecule has 0 bridgehead atoms. The van der Waals surface area contributed by atoms with Gasteiger partial charge < -0.3 is 14.6 Å². The van der Waals surface area contributed by atoms with Crippen molar-refractivity contribution in [2.45, 2.75) is 6.04 Å². The zero-order valence-electron chi connectivity index (χ0n) is 17.7. The topological polar surface area (TPSA) is 76.1 Å². The van der Waals surface area contributed by atoms with Gasteiger partial charge in [-0.25, -0.2) is 8.78 Å². The maximum atomic E-state index is 13.6. The van der Waals surface area contributed by atoms with Crippen LogP contribution in [0.25, 0.3) is 5.76 Å². The second kappa shape index (κ2) is 8.74. The molecule has 0 aromatic heterocycles. The van der Waals surface area contributed by atoms with E-state index < -0.39 is 35.1 Å². The molecule has 0 spiro atoms. The predicted molar refractivity (Wildman–Crippen MR) is 117 cm³/mol. The van der Waals surface area contributed by atoms with Crippen LogP contribution in [0.3, 0.4) is 0 Å². The minimum atomic E-state index is -1.07. The average molecular weight is 451 g/mol. The number of ether oxygens (including phenoxy) is 2. The molecular formula is C25H19F2NO5. The molecule has 1 aliphatic heterocycles. The maximum absolute atomic E-state index is 13.6. The molecule has 0 aliphatic carbocycles. The molecule has 8 heteroatoms. The van der Waals surface area contributed by atoms with E-state index in [9.17, 15) is 23.5 Å². The molecule has 33 heavy (non-hydrogen) atoms. The molecular weight excluding hydrogens is 432 g/mol. The fraction of sp³-hybridized carbons (Fsp3) is 0.120. The molecule has 3 aromatic rings. The van der Waals surface area contributed by atoms with E-state index in [4.69, 9.17) is 9.47 Å². The molecule has 0 radical (unpaired) electrons. The van der Waals surface area contributed by atoms with E-state index in [0.717, 1.165) is 17.0 Å². The van der Waals surface area contributed by atoms with Crippen molar-refractivity contribution in [2.24, 2.45) is 0 Å². The highest BCUT2D eigenvalue weighted by Gasteiger charge is 2.47. The van der Waals surface area contributed by atoms with Crippen molar-refractivity contribution in [1.82, 2.24) is 0 Å². The van der Waals surface area contributed by atoms with Crippen molar-refractivity contribution in [2.75, 3.05) is 19.1 Å². The molecule has 1 saturated heterocycles. The second-order valence-electron chi connectivity index (χ2n) is 7.27. The first kappa shape index (κ1) is 22.0. The maximum Gasteiger partial charge on any atom is 0.300 e. The number of anilines is 1. The monoisotopic (exact) mass is 451 g/mol. The number of carbonyl (C=O) groups excluding carboxylic acids is 2. The van der Waals surface area contributed by atoms with Gasteiger partial charge in [-0.3, -0.25) is 14.5 Å². The summed E-state index contributed by atoms with van der Waals surface area (Å²) in [5, 5.41) is 11.1. The number of halogens is 2. The Morgan fingerprint density at radius 2 is 1.42 bits per heavy atom. The summed E-state index contributed by atoms with van der Waals surface area (Å²) in [4.78, 5) is 27.3. The fourth-order valence-electron chi connectivity index (χ4n) is 3.80. The third kappa shape index (κ3) is 3.91. The van der Waals surface area contributed by atoms with Crippen molar-refractivity contribution in [3.63, 3.8) is 0 Å². The normalized spacial score (nSPS) is 17.3. The number of carbonyl (C=O) groups is 2. The highest BCUT2D eigenvalue weighted by molar-refractivity contribution is 6.51. The number of methoxy groups -OCH3 is 2. The Hall–Kier alpha value is -4.20. The van der Waals surface area contributed by atoms with Crippen LogP contribution in [0, 0.1) is 11.6 Å². The molecule has 4 rings (SSSR count). The second-order valence-corrected chi connectivity index (χ2v) is 7.27. The molecule has 1 aliphatic rings. The lowest BCUT2D eigenvalue weighted by molar-refractivity contribution is -0.132. The molecule has 1 heterocycles. The van der Waals surface area contributed by atoms with Gasteiger partial charge in [0.05, 0.1) is 25.8 Å². The summed E-state index contributed by atoms with van der Waals surface area (Å²) in [5.74, 6) is -2.56. The molecule has 6 nitrogen and oxygen atoms in total. The summed E-state index contributed by atoms with van der Waals surface area (Å²) in [6.45, 7) is 0. The first-order chi connectivity index (χ1) is 15.8. The van der Waals surface area contributed by atoms with E-state index in [2.05, 4.69) is 0 Å². The van der Waals surface area contributed by atoms with Crippen molar-refractivity contribution in [3.8, 4) is 11.5 Å². The first-order valence-corrected chi connectivity index (χ1v) is 9.90. The lowest BCUT2D eigenvalue weighted by Gasteiger charge is -2.25. The zero-order valence-corrected chi connectivity index (χ0v) is 17.7. The van der Waals surface area contributed by atoms with Crippen molar-refractivity contribution < 1.29 is 33.0 Å². The van der Waals surface area contributed by atoms with Crippen LogP contribution < -0.4 is 14.4 Å². The lowest BCUT2D eigenvalue weighted by atomic mass is 9.95. The van der Waals surface area contributed by atoms with E-state index in [1.807, 2.05) is 0 Å². The van der Waals surface area contributed by atoms with Gasteiger partial charge in [-0.1, -0.05) is 12.1 Å². The third-order valence-corrected chi connectivity index (χ3v) is 5.39. The first-order valence-electron chi connectivity index (χ1n) is 9.90. The van der Waals surface area contributed by atoms with Crippen LogP contribution in [0.1, 0.15) is 17.2 Å². The van der Waals surface area contributed by atoms with Crippen LogP contribution in [-0.2, 0) is 9.59 Å². The van der Waals surface area contributed by atoms with Gasteiger partial charge in [0, 0.05) is 11.3 Å². The Bertz CT molecular complexity index is 1250. The van der Waals surface area contributed by atoms with Crippen LogP contribution >= 0.6 is 0 Å². The lowest BCUT2D eigenvalue weighted by Crippen LogP contribution is -2.29. The Balaban J connectivity index is 1.93. The van der Waals surface area contributed by atoms with Crippen molar-refractivity contribution in [1.29, 1.82) is 0 Å². The van der Waals surface area contributed by atoms with Gasteiger partial charge in [-0.05, 0) is 60.2 Å². The number of aliphatic hydroxyl groups is 1. The Morgan fingerprint density at radius 1 is 0.848 bits per heavy atom. The Kier molecular flexibility index (Phi) is 5.83. The standard InChI is InChI=1S/C25H19F2NO5/c1-32-19-12-5-15(13-20(19)33-2)23(29)21-22(14-3-6-16(26)7-4-14)28(25(31)24(21)30)18-10-8-17(27)9-11-18/h3-13,22,29H,1-2H3/b23-21-. The minimum absolute atomic E-state index is 0.192. The fourth-order valence-corrected chi connectivity index (χ4v) is 3.80. The molecule has 1 atom stereocenters. The van der Waals surface area contributed by atoms with Gasteiger partial charge in [0.25, 0.3) is 11.7 Å². The summed E-state index contributed by atoms with van der Waals surface area (Å²) in [6, 6.07) is 13.7. The highest BCUT2D eigenvalue weighted by Crippen LogP contribution is 2.43. The summed E-state index contributed by atoms with van der Waals surface area (Å²) < 4.78 is 37.5. The quantitative estimate of drug-likeness (QED) is 0.348. The SMILES string of the molecule is COc1ccc(/C(O)=C2/C(=O)C(=O)N(c3ccc(F)cc3)C2c2ccc(F)cc2)cc1OC. The van der Waals surface area contributed by atoms with Gasteiger partial charge in [-0.2, -0.15) is 0 Å². The van der Waals surface area contributed by atoms with Gasteiger partial charge in [-0.15, -0.1) is 0 Å². The van der Waals surface area contributed by atoms with Crippen LogP contribution in [0.15, 0.2) is 72.3 Å². The van der Waals surface area contributed by atoms with Gasteiger partial charge in [0.1, 0.15) is 17.4 Å². The molecule has 1 N–H and O–H groups in total. The summed E-state index contributed by atoms with van der Waals surface area (Å²) in [7, 11) is 2.88. The van der Waals surface area contributed by atoms with E-state index >= 15 is 0 Å². The summed E-state index contributed by atoms with van der Waals surface area (Å²) in [5.41, 5.74) is 0.668. The van der Waals surface area contributed by atoms with Crippen molar-refractivity contribution in [3.05, 3.63) is 95.1 Å². The Morgan fingerprint density at radius 3 is 2.00 bits per heavy atom. The van der Waals surface area contributed by atoms with Crippen LogP contribution in [0.5, 0.6) is 11.5 Å². The Labute approximate surface area is 188 Å². The van der Waals surface area contributed by atoms with Gasteiger partial charge in [0.15, 0.2) is 11.5 Å². The highest BCUT2D eigenvalue weighted by atomic mass is 19.1. The molecule has 1 amide bonds. The number of benzene rings is 3. The van der Waals surface area contributed by atoms with E-state index in [1.54, 1.807) is 6.07 Å². The number of amides is 1. The van der Waals surface area contributed by atoms with Gasteiger partial charge in [0.2, 0.25) is 0 Å². The average Bonchev–Trinajstić information content (AvgIpc) is 3.09. The smallest absolute Gasteiger partial charge is 0.300 e. The summed E-state index contributed by atoms with van der Waals surface area (Å²) >= 11 is 0. The minimum Gasteiger partial charge on any atom is -0.507 e. The molecule has 1 fully saturated rings. The van der Waals surface area contributed by atoms with Crippen molar-refractivity contribution >= 4 is 23.1 Å². The van der Waals surface area contributed by atoms with Crippen LogP contribution in [-0.4, -0.2) is 31.0 Å². The largest absolute Gasteiger partial charge is 0.507 e. The van der Waals surface area contributed by atoms with E-state index in [1.165, 1.54) is 62.8 Å². The number of ketones is 1. The molecule has 168 valence electrons. The molecule has 0 saturated carbocycles. The van der Waals surface area contributed by atoms with E-state index in [0.29, 0.717) is 17.1 Å².